The first-order valence-electron chi connectivity index (χ1n) is 9.93. The summed E-state index contributed by atoms with van der Waals surface area (Å²) in [5.41, 5.74) is 4.30. The number of methoxy groups -OCH3 is 1. The maximum atomic E-state index is 12.4. The second-order valence-electron chi connectivity index (χ2n) is 7.24. The summed E-state index contributed by atoms with van der Waals surface area (Å²) in [6.45, 7) is 1.45. The molecule has 3 rings (SSSR count). The molecule has 0 saturated carbocycles. The van der Waals surface area contributed by atoms with Gasteiger partial charge >= 0.3 is 11.9 Å². The van der Waals surface area contributed by atoms with E-state index in [2.05, 4.69) is 21.2 Å². The molecule has 0 saturated heterocycles. The number of carboxylic acids is 2. The minimum Gasteiger partial charge on any atom is -0.493 e. The van der Waals surface area contributed by atoms with Crippen LogP contribution in [0.3, 0.4) is 0 Å². The summed E-state index contributed by atoms with van der Waals surface area (Å²) in [4.78, 5) is 50.3. The van der Waals surface area contributed by atoms with Crippen LogP contribution < -0.4 is 26.1 Å². The van der Waals surface area contributed by atoms with E-state index in [9.17, 15) is 29.4 Å². The highest BCUT2D eigenvalue weighted by Crippen LogP contribution is 2.41. The van der Waals surface area contributed by atoms with Gasteiger partial charge in [-0.05, 0) is 52.2 Å². The van der Waals surface area contributed by atoms with Crippen molar-refractivity contribution in [1.29, 1.82) is 0 Å². The van der Waals surface area contributed by atoms with Crippen molar-refractivity contribution in [2.75, 3.05) is 24.8 Å². The Hall–Kier alpha value is -4.32. The number of aromatic amines is 1. The van der Waals surface area contributed by atoms with Gasteiger partial charge in [-0.25, -0.2) is 9.59 Å². The van der Waals surface area contributed by atoms with Gasteiger partial charge in [0, 0.05) is 11.3 Å². The number of carbonyl (C=O) groups is 3. The van der Waals surface area contributed by atoms with Gasteiger partial charge in [-0.1, -0.05) is 18.2 Å². The van der Waals surface area contributed by atoms with Gasteiger partial charge in [0.15, 0.2) is 18.1 Å². The van der Waals surface area contributed by atoms with Crippen molar-refractivity contribution < 1.29 is 34.1 Å². The number of nitrogens with one attached hydrogen (secondary N) is 2. The monoisotopic (exact) mass is 545 g/mol. The maximum Gasteiger partial charge on any atom is 0.342 e. The van der Waals surface area contributed by atoms with Crippen LogP contribution in [0.1, 0.15) is 26.3 Å². The highest BCUT2D eigenvalue weighted by atomic mass is 79.9. The van der Waals surface area contributed by atoms with Crippen LogP contribution in [0.25, 0.3) is 11.1 Å². The Morgan fingerprint density at radius 1 is 1.11 bits per heavy atom. The van der Waals surface area contributed by atoms with Gasteiger partial charge in [0.1, 0.15) is 16.9 Å². The quantitative estimate of drug-likeness (QED) is 0.284. The molecular weight excluding hydrogens is 526 g/mol. The van der Waals surface area contributed by atoms with Crippen LogP contribution in [0.15, 0.2) is 45.7 Å². The van der Waals surface area contributed by atoms with E-state index in [0.717, 1.165) is 5.56 Å². The highest BCUT2D eigenvalue weighted by Gasteiger charge is 2.28. The van der Waals surface area contributed by atoms with E-state index >= 15 is 0 Å². The van der Waals surface area contributed by atoms with E-state index in [4.69, 9.17) is 15.2 Å². The molecular formula is C23H20BrN3O8. The number of carbonyl (C=O) groups excluding carboxylic acids is 1. The number of pyridine rings is 1. The van der Waals surface area contributed by atoms with Crippen molar-refractivity contribution in [3.8, 4) is 22.6 Å². The third-order valence-corrected chi connectivity index (χ3v) is 5.55. The Labute approximate surface area is 206 Å². The van der Waals surface area contributed by atoms with Crippen molar-refractivity contribution in [3.05, 3.63) is 67.9 Å². The summed E-state index contributed by atoms with van der Waals surface area (Å²) in [7, 11) is 1.30. The van der Waals surface area contributed by atoms with Crippen LogP contribution in [0.4, 0.5) is 11.5 Å². The smallest absolute Gasteiger partial charge is 0.342 e. The van der Waals surface area contributed by atoms with E-state index in [1.807, 2.05) is 24.0 Å². The van der Waals surface area contributed by atoms with Crippen molar-refractivity contribution in [2.45, 2.75) is 6.92 Å². The molecule has 182 valence electrons. The third-order valence-electron chi connectivity index (χ3n) is 4.96. The number of H-pyrrole nitrogens is 1. The number of hydrogen-bond donors (Lipinski definition) is 5. The predicted molar refractivity (Wildman–Crippen MR) is 130 cm³/mol. The number of ether oxygens (including phenoxy) is 2. The van der Waals surface area contributed by atoms with Crippen LogP contribution in [0.5, 0.6) is 11.5 Å². The number of nitrogens with two attached hydrogens (primary N) is 1. The highest BCUT2D eigenvalue weighted by molar-refractivity contribution is 9.10. The molecule has 0 fully saturated rings. The average Bonchev–Trinajstić information content (AvgIpc) is 2.78. The minimum absolute atomic E-state index is 0.0121. The largest absolute Gasteiger partial charge is 0.493 e. The molecule has 0 aliphatic rings. The second kappa shape index (κ2) is 10.3. The van der Waals surface area contributed by atoms with Gasteiger partial charge < -0.3 is 35.7 Å². The molecule has 0 bridgehead atoms. The number of benzene rings is 2. The zero-order valence-corrected chi connectivity index (χ0v) is 20.1. The number of anilines is 2. The Kier molecular flexibility index (Phi) is 7.45. The van der Waals surface area contributed by atoms with Crippen molar-refractivity contribution in [3.63, 3.8) is 0 Å². The molecule has 0 atom stereocenters. The number of hydrogen-bond acceptors (Lipinski definition) is 7. The first kappa shape index (κ1) is 25.3. The fourth-order valence-electron chi connectivity index (χ4n) is 3.38. The number of aromatic nitrogens is 1. The van der Waals surface area contributed by atoms with E-state index in [-0.39, 0.29) is 28.1 Å². The van der Waals surface area contributed by atoms with Crippen LogP contribution >= 0.6 is 15.9 Å². The second-order valence-corrected chi connectivity index (χ2v) is 8.10. The van der Waals surface area contributed by atoms with Crippen LogP contribution in [-0.4, -0.2) is 46.8 Å². The lowest BCUT2D eigenvalue weighted by atomic mass is 9.95. The van der Waals surface area contributed by atoms with Crippen molar-refractivity contribution in [2.24, 2.45) is 0 Å². The van der Waals surface area contributed by atoms with Crippen LogP contribution in [0.2, 0.25) is 0 Å². The van der Waals surface area contributed by atoms with Gasteiger partial charge in [-0.2, -0.15) is 0 Å². The van der Waals surface area contributed by atoms with Crippen LogP contribution in [0, 0.1) is 6.92 Å². The van der Waals surface area contributed by atoms with Gasteiger partial charge in [0.2, 0.25) is 0 Å². The number of halogens is 1. The van der Waals surface area contributed by atoms with E-state index in [1.165, 1.54) is 19.2 Å². The summed E-state index contributed by atoms with van der Waals surface area (Å²) in [6, 6.07) is 9.82. The van der Waals surface area contributed by atoms with E-state index in [1.54, 1.807) is 12.1 Å². The number of nitrogen functional groups attached to an aromatic ring is 1. The molecule has 2 aromatic carbocycles. The standard InChI is InChI=1S/C23H20BrN3O8/c1-10-5-3-4-6-13(10)26-15(28)9-35-19-12(24)7-11(8-14(19)34-2)16-17(22(30)31)20(25)27-21(29)18(16)23(32)33/h3-8H,9H2,1-2H3,(H,26,28)(H,30,31)(H,32,33)(H3,25,27,29). The van der Waals surface area contributed by atoms with Gasteiger partial charge in [0.25, 0.3) is 11.5 Å². The lowest BCUT2D eigenvalue weighted by molar-refractivity contribution is -0.118. The average molecular weight is 546 g/mol. The fourth-order valence-corrected chi connectivity index (χ4v) is 3.93. The maximum absolute atomic E-state index is 12.4. The molecule has 35 heavy (non-hydrogen) atoms. The third kappa shape index (κ3) is 5.27. The Morgan fingerprint density at radius 2 is 1.77 bits per heavy atom. The van der Waals surface area contributed by atoms with Gasteiger partial charge in [-0.15, -0.1) is 0 Å². The SMILES string of the molecule is COc1cc(-c2c(C(=O)O)c(N)[nH]c(=O)c2C(=O)O)cc(Br)c1OCC(=O)Nc1ccccc1C. The summed E-state index contributed by atoms with van der Waals surface area (Å²) >= 11 is 3.28. The number of carboxylic acid groups (broad SMARTS) is 2. The van der Waals surface area contributed by atoms with Crippen LogP contribution in [-0.2, 0) is 4.79 Å². The molecule has 0 aliphatic heterocycles. The Balaban J connectivity index is 2.02. The summed E-state index contributed by atoms with van der Waals surface area (Å²) in [6.07, 6.45) is 0. The minimum atomic E-state index is -1.65. The normalized spacial score (nSPS) is 10.5. The lowest BCUT2D eigenvalue weighted by Crippen LogP contribution is -2.24. The summed E-state index contributed by atoms with van der Waals surface area (Å²) in [5, 5.41) is 21.9. The molecule has 1 aromatic heterocycles. The summed E-state index contributed by atoms with van der Waals surface area (Å²) < 4.78 is 11.1. The molecule has 0 radical (unpaired) electrons. The molecule has 0 spiro atoms. The molecule has 6 N–H and O–H groups in total. The molecule has 3 aromatic rings. The number of para-hydroxylation sites is 1. The topological polar surface area (TPSA) is 181 Å². The molecule has 1 amide bonds. The van der Waals surface area contributed by atoms with E-state index < -0.39 is 45.9 Å². The Bertz CT molecular complexity index is 1400. The predicted octanol–water partition coefficient (Wildman–Crippen LogP) is 3.12. The molecule has 1 heterocycles. The van der Waals surface area contributed by atoms with Gasteiger partial charge in [-0.3, -0.25) is 9.59 Å². The summed E-state index contributed by atoms with van der Waals surface area (Å²) in [5.74, 6) is -3.99. The first-order valence-corrected chi connectivity index (χ1v) is 10.7. The van der Waals surface area contributed by atoms with E-state index in [0.29, 0.717) is 5.69 Å². The van der Waals surface area contributed by atoms with Gasteiger partial charge in [0.05, 0.1) is 11.6 Å². The number of rotatable bonds is 8. The van der Waals surface area contributed by atoms with Crippen molar-refractivity contribution in [1.82, 2.24) is 4.98 Å². The first-order chi connectivity index (χ1) is 16.5. The Morgan fingerprint density at radius 3 is 2.37 bits per heavy atom. The molecule has 12 heteroatoms. The number of amides is 1. The number of aryl methyl sites for hydroxylation is 1. The zero-order valence-electron chi connectivity index (χ0n) is 18.5. The molecule has 0 aliphatic carbocycles. The number of aromatic carboxylic acids is 2. The zero-order chi connectivity index (χ0) is 25.9. The van der Waals surface area contributed by atoms with Crippen molar-refractivity contribution >= 4 is 45.3 Å². The fraction of sp³-hybridized carbons (Fsp3) is 0.130. The molecule has 0 unspecified atom stereocenters. The lowest BCUT2D eigenvalue weighted by Gasteiger charge is -2.17. The molecule has 11 nitrogen and oxygen atoms in total.